The summed E-state index contributed by atoms with van der Waals surface area (Å²) in [6, 6.07) is 8.29. The van der Waals surface area contributed by atoms with Crippen molar-refractivity contribution in [1.29, 1.82) is 0 Å². The minimum Gasteiger partial charge on any atom is -0.378 e. The molecule has 4 nitrogen and oxygen atoms in total. The molecule has 1 N–H and O–H groups in total. The number of nitrogens with one attached hydrogen (secondary N) is 1. The highest BCUT2D eigenvalue weighted by Gasteiger charge is 2.20. The number of nitrogens with zero attached hydrogens (tertiary/aromatic N) is 2. The molecule has 1 aromatic rings. The summed E-state index contributed by atoms with van der Waals surface area (Å²) in [4.78, 5) is 7.10. The summed E-state index contributed by atoms with van der Waals surface area (Å²) in [5.41, 5.74) is 0.828. The van der Waals surface area contributed by atoms with Crippen LogP contribution in [0.1, 0.15) is 32.1 Å². The predicted octanol–water partition coefficient (Wildman–Crippen LogP) is 4.00. The Kier molecular flexibility index (Phi) is 7.47. The molecule has 0 spiro atoms. The van der Waals surface area contributed by atoms with Gasteiger partial charge >= 0.3 is 0 Å². The smallest absolute Gasteiger partial charge is 0.199 e. The fourth-order valence-electron chi connectivity index (χ4n) is 3.06. The third kappa shape index (κ3) is 5.27. The van der Waals surface area contributed by atoms with E-state index in [1.54, 1.807) is 0 Å². The van der Waals surface area contributed by atoms with E-state index in [0.717, 1.165) is 38.0 Å². The van der Waals surface area contributed by atoms with Crippen LogP contribution < -0.4 is 5.32 Å². The number of benzene rings is 1. The van der Waals surface area contributed by atoms with Gasteiger partial charge in [0, 0.05) is 19.1 Å². The van der Waals surface area contributed by atoms with Crippen molar-refractivity contribution in [3.8, 4) is 0 Å². The summed E-state index contributed by atoms with van der Waals surface area (Å²) < 4.78 is 5.46. The molecule has 1 saturated carbocycles. The molecule has 128 valence electrons. The van der Waals surface area contributed by atoms with Gasteiger partial charge in [0.1, 0.15) is 0 Å². The van der Waals surface area contributed by atoms with Crippen LogP contribution in [-0.2, 0) is 4.74 Å². The topological polar surface area (TPSA) is 36.9 Å². The van der Waals surface area contributed by atoms with Gasteiger partial charge in [0.2, 0.25) is 0 Å². The Balaban J connectivity index is 0.00000192. The van der Waals surface area contributed by atoms with Gasteiger partial charge in [-0.25, -0.2) is 4.99 Å². The first-order valence-electron chi connectivity index (χ1n) is 8.25. The fraction of sp³-hybridized carbons (Fsp3) is 0.588. The number of hydrogen-bond donors (Lipinski definition) is 1. The Labute approximate surface area is 149 Å². The largest absolute Gasteiger partial charge is 0.378 e. The number of hydrogen-bond acceptors (Lipinski definition) is 2. The highest BCUT2D eigenvalue weighted by molar-refractivity contribution is 6.33. The van der Waals surface area contributed by atoms with E-state index in [0.29, 0.717) is 11.1 Å². The Morgan fingerprint density at radius 3 is 2.52 bits per heavy atom. The number of morpholine rings is 1. The summed E-state index contributed by atoms with van der Waals surface area (Å²) >= 11 is 6.27. The lowest BCUT2D eigenvalue weighted by Gasteiger charge is -2.33. The van der Waals surface area contributed by atoms with E-state index in [1.807, 2.05) is 24.3 Å². The molecule has 0 amide bonds. The lowest BCUT2D eigenvalue weighted by Crippen LogP contribution is -2.50. The van der Waals surface area contributed by atoms with Gasteiger partial charge < -0.3 is 15.0 Å². The van der Waals surface area contributed by atoms with Gasteiger partial charge in [-0.1, -0.05) is 43.0 Å². The van der Waals surface area contributed by atoms with Gasteiger partial charge in [0.25, 0.3) is 0 Å². The van der Waals surface area contributed by atoms with Crippen LogP contribution in [0.4, 0.5) is 5.69 Å². The van der Waals surface area contributed by atoms with E-state index in [-0.39, 0.29) is 12.4 Å². The van der Waals surface area contributed by atoms with Crippen molar-refractivity contribution in [2.75, 3.05) is 26.3 Å². The quantitative estimate of drug-likeness (QED) is 0.641. The van der Waals surface area contributed by atoms with E-state index in [9.17, 15) is 0 Å². The maximum absolute atomic E-state index is 6.27. The molecule has 1 aliphatic carbocycles. The summed E-state index contributed by atoms with van der Waals surface area (Å²) in [5.74, 6) is 0.948. The molecule has 1 heterocycles. The first-order chi connectivity index (χ1) is 10.8. The molecule has 0 radical (unpaired) electrons. The van der Waals surface area contributed by atoms with Gasteiger partial charge in [-0.05, 0) is 25.0 Å². The third-order valence-electron chi connectivity index (χ3n) is 4.33. The van der Waals surface area contributed by atoms with Crippen molar-refractivity contribution < 1.29 is 4.74 Å². The Morgan fingerprint density at radius 2 is 1.83 bits per heavy atom. The van der Waals surface area contributed by atoms with Crippen LogP contribution in [0, 0.1) is 0 Å². The lowest BCUT2D eigenvalue weighted by atomic mass is 9.96. The number of rotatable bonds is 2. The summed E-state index contributed by atoms with van der Waals surface area (Å²) in [7, 11) is 0. The summed E-state index contributed by atoms with van der Waals surface area (Å²) in [6.45, 7) is 3.27. The van der Waals surface area contributed by atoms with Gasteiger partial charge in [0.05, 0.1) is 23.9 Å². The Morgan fingerprint density at radius 1 is 1.13 bits per heavy atom. The van der Waals surface area contributed by atoms with Crippen molar-refractivity contribution in [1.82, 2.24) is 10.2 Å². The average molecular weight is 358 g/mol. The van der Waals surface area contributed by atoms with E-state index in [2.05, 4.69) is 10.2 Å². The van der Waals surface area contributed by atoms with Gasteiger partial charge in [0.15, 0.2) is 5.96 Å². The van der Waals surface area contributed by atoms with E-state index in [4.69, 9.17) is 21.3 Å². The molecule has 0 bridgehead atoms. The van der Waals surface area contributed by atoms with Crippen LogP contribution in [0.3, 0.4) is 0 Å². The molecule has 1 aromatic carbocycles. The SMILES string of the molecule is Cl.Clc1ccccc1N=C(NC1CCCCC1)N1CCOCC1. The predicted molar refractivity (Wildman–Crippen MR) is 98.2 cm³/mol. The molecule has 6 heteroatoms. The van der Waals surface area contributed by atoms with Crippen LogP contribution in [-0.4, -0.2) is 43.2 Å². The highest BCUT2D eigenvalue weighted by Crippen LogP contribution is 2.25. The molecule has 1 aliphatic heterocycles. The molecular weight excluding hydrogens is 333 g/mol. The minimum absolute atomic E-state index is 0. The van der Waals surface area contributed by atoms with Crippen molar-refractivity contribution in [3.05, 3.63) is 29.3 Å². The van der Waals surface area contributed by atoms with Crippen LogP contribution in [0.25, 0.3) is 0 Å². The highest BCUT2D eigenvalue weighted by atomic mass is 35.5. The molecular formula is C17H25Cl2N3O. The minimum atomic E-state index is 0. The zero-order valence-corrected chi connectivity index (χ0v) is 14.9. The van der Waals surface area contributed by atoms with Gasteiger partial charge in [-0.3, -0.25) is 0 Å². The van der Waals surface area contributed by atoms with Gasteiger partial charge in [-0.15, -0.1) is 12.4 Å². The lowest BCUT2D eigenvalue weighted by molar-refractivity contribution is 0.0660. The number of ether oxygens (including phenoxy) is 1. The second kappa shape index (κ2) is 9.36. The second-order valence-electron chi connectivity index (χ2n) is 5.97. The van der Waals surface area contributed by atoms with Crippen molar-refractivity contribution in [3.63, 3.8) is 0 Å². The molecule has 1 saturated heterocycles. The van der Waals surface area contributed by atoms with Crippen molar-refractivity contribution >= 4 is 35.7 Å². The normalized spacial score (nSPS) is 20.0. The maximum Gasteiger partial charge on any atom is 0.199 e. The van der Waals surface area contributed by atoms with E-state index < -0.39 is 0 Å². The number of halogens is 2. The van der Waals surface area contributed by atoms with E-state index >= 15 is 0 Å². The Hall–Kier alpha value is -0.970. The molecule has 0 atom stereocenters. The van der Waals surface area contributed by atoms with Crippen LogP contribution in [0.5, 0.6) is 0 Å². The molecule has 0 unspecified atom stereocenters. The zero-order chi connectivity index (χ0) is 15.2. The molecule has 2 fully saturated rings. The zero-order valence-electron chi connectivity index (χ0n) is 13.3. The summed E-state index contributed by atoms with van der Waals surface area (Å²) in [6.07, 6.45) is 6.42. The average Bonchev–Trinajstić information content (AvgIpc) is 2.58. The van der Waals surface area contributed by atoms with Crippen LogP contribution in [0.2, 0.25) is 5.02 Å². The monoisotopic (exact) mass is 357 g/mol. The molecule has 0 aromatic heterocycles. The molecule has 2 aliphatic rings. The summed E-state index contributed by atoms with van der Waals surface area (Å²) in [5, 5.41) is 4.36. The third-order valence-corrected chi connectivity index (χ3v) is 4.65. The second-order valence-corrected chi connectivity index (χ2v) is 6.37. The van der Waals surface area contributed by atoms with Crippen LogP contribution in [0.15, 0.2) is 29.3 Å². The number of guanidine groups is 1. The van der Waals surface area contributed by atoms with Crippen LogP contribution >= 0.6 is 24.0 Å². The van der Waals surface area contributed by atoms with Gasteiger partial charge in [-0.2, -0.15) is 0 Å². The fourth-order valence-corrected chi connectivity index (χ4v) is 3.23. The Bertz CT molecular complexity index is 512. The molecule has 23 heavy (non-hydrogen) atoms. The number of aliphatic imine (C=N–C) groups is 1. The first kappa shape index (κ1) is 18.4. The molecule has 3 rings (SSSR count). The maximum atomic E-state index is 6.27. The number of para-hydroxylation sites is 1. The first-order valence-corrected chi connectivity index (χ1v) is 8.63. The van der Waals surface area contributed by atoms with E-state index in [1.165, 1.54) is 32.1 Å². The van der Waals surface area contributed by atoms with Crippen molar-refractivity contribution in [2.24, 2.45) is 4.99 Å². The standard InChI is InChI=1S/C17H24ClN3O.ClH/c18-15-8-4-5-9-16(15)20-17(21-10-12-22-13-11-21)19-14-6-2-1-3-7-14;/h4-5,8-9,14H,1-3,6-7,10-13H2,(H,19,20);1H. The van der Waals surface area contributed by atoms with Crippen molar-refractivity contribution in [2.45, 2.75) is 38.1 Å².